The fourth-order valence-corrected chi connectivity index (χ4v) is 1.99. The highest BCUT2D eigenvalue weighted by atomic mass is 19.1. The second kappa shape index (κ2) is 4.23. The number of halogens is 1. The van der Waals surface area contributed by atoms with Gasteiger partial charge in [-0.3, -0.25) is 0 Å². The van der Waals surface area contributed by atoms with Crippen LogP contribution >= 0.6 is 0 Å². The number of aromatic nitrogens is 1. The number of rotatable bonds is 3. The number of hydrogen-bond acceptors (Lipinski definition) is 2. The minimum Gasteiger partial charge on any atom is -0.488 e. The number of nitrogens with zero attached hydrogens (tertiary/aromatic N) is 1. The molecule has 2 aromatic rings. The van der Waals surface area contributed by atoms with Crippen LogP contribution in [-0.2, 0) is 0 Å². The Kier molecular flexibility index (Phi) is 2.69. The molecule has 0 saturated heterocycles. The molecule has 0 spiro atoms. The monoisotopic (exact) mass is 245 g/mol. The van der Waals surface area contributed by atoms with Crippen molar-refractivity contribution in [1.82, 2.24) is 4.98 Å². The summed E-state index contributed by atoms with van der Waals surface area (Å²) in [6, 6.07) is 7.22. The van der Waals surface area contributed by atoms with Crippen LogP contribution in [0.1, 0.15) is 38.2 Å². The molecule has 0 radical (unpaired) electrons. The maximum atomic E-state index is 13.3. The van der Waals surface area contributed by atoms with Gasteiger partial charge < -0.3 is 4.74 Å². The van der Waals surface area contributed by atoms with Crippen molar-refractivity contribution in [3.05, 3.63) is 35.8 Å². The third-order valence-corrected chi connectivity index (χ3v) is 3.23. The maximum Gasteiger partial charge on any atom is 0.213 e. The van der Waals surface area contributed by atoms with Crippen molar-refractivity contribution in [3.63, 3.8) is 0 Å². The van der Waals surface area contributed by atoms with Crippen molar-refractivity contribution >= 4 is 10.9 Å². The summed E-state index contributed by atoms with van der Waals surface area (Å²) in [5, 5.41) is 0.943. The Hall–Kier alpha value is -1.64. The van der Waals surface area contributed by atoms with Gasteiger partial charge in [0, 0.05) is 5.39 Å². The average molecular weight is 245 g/mol. The predicted octanol–water partition coefficient (Wildman–Crippen LogP) is 4.04. The van der Waals surface area contributed by atoms with E-state index in [2.05, 4.69) is 24.9 Å². The molecule has 0 aliphatic heterocycles. The van der Waals surface area contributed by atoms with E-state index in [4.69, 9.17) is 4.74 Å². The Morgan fingerprint density at radius 2 is 2.06 bits per heavy atom. The van der Waals surface area contributed by atoms with E-state index >= 15 is 0 Å². The van der Waals surface area contributed by atoms with E-state index in [0.29, 0.717) is 17.5 Å². The molecule has 94 valence electrons. The zero-order valence-electron chi connectivity index (χ0n) is 10.6. The normalized spacial score (nSPS) is 15.3. The summed E-state index contributed by atoms with van der Waals surface area (Å²) in [4.78, 5) is 3.97. The molecule has 1 heterocycles. The molecule has 1 aliphatic rings. The van der Waals surface area contributed by atoms with Gasteiger partial charge in [-0.25, -0.2) is 4.98 Å². The van der Waals surface area contributed by atoms with Gasteiger partial charge in [0.15, 0.2) is 0 Å². The van der Waals surface area contributed by atoms with Gasteiger partial charge >= 0.3 is 0 Å². The minimum absolute atomic E-state index is 0.292. The molecule has 2 nitrogen and oxygen atoms in total. The van der Waals surface area contributed by atoms with Gasteiger partial charge in [-0.05, 0) is 48.6 Å². The first-order chi connectivity index (χ1) is 8.63. The maximum absolute atomic E-state index is 13.3. The van der Waals surface area contributed by atoms with E-state index in [1.165, 1.54) is 11.6 Å². The second-order valence-electron chi connectivity index (χ2n) is 5.20. The van der Waals surface area contributed by atoms with Gasteiger partial charge in [-0.2, -0.15) is 4.39 Å². The summed E-state index contributed by atoms with van der Waals surface area (Å²) in [5.74, 6) is 0.680. The van der Waals surface area contributed by atoms with Crippen LogP contribution in [0.15, 0.2) is 24.3 Å². The van der Waals surface area contributed by atoms with E-state index in [1.807, 2.05) is 6.07 Å². The standard InChI is InChI=1S/C15H16FNO/c1-9(2)11-7-10-3-6-14(16)17-15(10)13(8-11)18-12-4-5-12/h3,6-9,12H,4-5H2,1-2H3. The molecular weight excluding hydrogens is 229 g/mol. The molecule has 1 aromatic carbocycles. The SMILES string of the molecule is CC(C)c1cc(OC2CC2)c2nc(F)ccc2c1. The van der Waals surface area contributed by atoms with Gasteiger partial charge in [0.2, 0.25) is 5.95 Å². The molecule has 18 heavy (non-hydrogen) atoms. The third-order valence-electron chi connectivity index (χ3n) is 3.23. The summed E-state index contributed by atoms with van der Waals surface area (Å²) in [7, 11) is 0. The molecule has 1 aromatic heterocycles. The van der Waals surface area contributed by atoms with Gasteiger partial charge in [-0.15, -0.1) is 0 Å². The third kappa shape index (κ3) is 2.17. The van der Waals surface area contributed by atoms with Crippen molar-refractivity contribution in [2.45, 2.75) is 38.7 Å². The van der Waals surface area contributed by atoms with Crippen molar-refractivity contribution in [3.8, 4) is 5.75 Å². The molecule has 0 amide bonds. The highest BCUT2D eigenvalue weighted by Gasteiger charge is 2.25. The van der Waals surface area contributed by atoms with Crippen LogP contribution in [0, 0.1) is 5.95 Å². The smallest absolute Gasteiger partial charge is 0.213 e. The zero-order valence-corrected chi connectivity index (χ0v) is 10.6. The Balaban J connectivity index is 2.16. The lowest BCUT2D eigenvalue weighted by molar-refractivity contribution is 0.305. The van der Waals surface area contributed by atoms with E-state index in [1.54, 1.807) is 6.07 Å². The molecule has 1 aliphatic carbocycles. The second-order valence-corrected chi connectivity index (χ2v) is 5.20. The Bertz CT molecular complexity index is 590. The van der Waals surface area contributed by atoms with E-state index in [0.717, 1.165) is 24.0 Å². The molecule has 1 fully saturated rings. The number of pyridine rings is 1. The van der Waals surface area contributed by atoms with Crippen LogP contribution in [-0.4, -0.2) is 11.1 Å². The molecule has 3 rings (SSSR count). The minimum atomic E-state index is -0.458. The van der Waals surface area contributed by atoms with Crippen molar-refractivity contribution in [1.29, 1.82) is 0 Å². The quantitative estimate of drug-likeness (QED) is 0.761. The van der Waals surface area contributed by atoms with Gasteiger partial charge in [0.25, 0.3) is 0 Å². The van der Waals surface area contributed by atoms with Gasteiger partial charge in [0.05, 0.1) is 6.10 Å². The average Bonchev–Trinajstić information content (AvgIpc) is 3.13. The Morgan fingerprint density at radius 1 is 1.28 bits per heavy atom. The van der Waals surface area contributed by atoms with E-state index < -0.39 is 5.95 Å². The van der Waals surface area contributed by atoms with E-state index in [-0.39, 0.29) is 0 Å². The molecule has 0 N–H and O–H groups in total. The van der Waals surface area contributed by atoms with Crippen LogP contribution in [0.5, 0.6) is 5.75 Å². The molecule has 0 bridgehead atoms. The van der Waals surface area contributed by atoms with Crippen LogP contribution < -0.4 is 4.74 Å². The topological polar surface area (TPSA) is 22.1 Å². The van der Waals surface area contributed by atoms with Crippen molar-refractivity contribution in [2.24, 2.45) is 0 Å². The van der Waals surface area contributed by atoms with Crippen LogP contribution in [0.4, 0.5) is 4.39 Å². The number of fused-ring (bicyclic) bond motifs is 1. The fourth-order valence-electron chi connectivity index (χ4n) is 1.99. The highest BCUT2D eigenvalue weighted by molar-refractivity contribution is 5.85. The van der Waals surface area contributed by atoms with Crippen molar-refractivity contribution < 1.29 is 9.13 Å². The summed E-state index contributed by atoms with van der Waals surface area (Å²) in [6.45, 7) is 4.28. The molecule has 3 heteroatoms. The van der Waals surface area contributed by atoms with Gasteiger partial charge in [-0.1, -0.05) is 13.8 Å². The zero-order chi connectivity index (χ0) is 12.7. The van der Waals surface area contributed by atoms with Crippen LogP contribution in [0.2, 0.25) is 0 Å². The Labute approximate surface area is 106 Å². The number of benzene rings is 1. The van der Waals surface area contributed by atoms with Crippen molar-refractivity contribution in [2.75, 3.05) is 0 Å². The Morgan fingerprint density at radius 3 is 2.72 bits per heavy atom. The predicted molar refractivity (Wildman–Crippen MR) is 69.4 cm³/mol. The van der Waals surface area contributed by atoms with Crippen LogP contribution in [0.3, 0.4) is 0 Å². The lowest BCUT2D eigenvalue weighted by Gasteiger charge is -2.12. The highest BCUT2D eigenvalue weighted by Crippen LogP contribution is 2.34. The number of hydrogen-bond donors (Lipinski definition) is 0. The molecule has 1 saturated carbocycles. The summed E-state index contributed by atoms with van der Waals surface area (Å²) in [6.07, 6.45) is 2.46. The molecule has 0 atom stereocenters. The first-order valence-corrected chi connectivity index (χ1v) is 6.40. The first-order valence-electron chi connectivity index (χ1n) is 6.40. The fraction of sp³-hybridized carbons (Fsp3) is 0.400. The summed E-state index contributed by atoms with van der Waals surface area (Å²) in [5.41, 5.74) is 1.83. The molecular formula is C15H16FNO. The largest absolute Gasteiger partial charge is 0.488 e. The first kappa shape index (κ1) is 11.5. The summed E-state index contributed by atoms with van der Waals surface area (Å²) >= 11 is 0. The van der Waals surface area contributed by atoms with Gasteiger partial charge in [0.1, 0.15) is 11.3 Å². The van der Waals surface area contributed by atoms with E-state index in [9.17, 15) is 4.39 Å². The lowest BCUT2D eigenvalue weighted by Crippen LogP contribution is -2.00. The van der Waals surface area contributed by atoms with Crippen LogP contribution in [0.25, 0.3) is 10.9 Å². The lowest BCUT2D eigenvalue weighted by atomic mass is 10.0. The molecule has 0 unspecified atom stereocenters. The number of ether oxygens (including phenoxy) is 1. The summed E-state index contributed by atoms with van der Waals surface area (Å²) < 4.78 is 19.1.